The second-order valence-corrected chi connectivity index (χ2v) is 7.60. The second-order valence-electron chi connectivity index (χ2n) is 7.20. The van der Waals surface area contributed by atoms with Crippen molar-refractivity contribution in [3.8, 4) is 5.75 Å². The zero-order valence-electron chi connectivity index (χ0n) is 15.5. The van der Waals surface area contributed by atoms with Crippen LogP contribution >= 0.6 is 24.0 Å². The van der Waals surface area contributed by atoms with Gasteiger partial charge < -0.3 is 20.1 Å². The molecule has 3 N–H and O–H groups in total. The highest BCUT2D eigenvalue weighted by atomic mass is 35.5. The van der Waals surface area contributed by atoms with Gasteiger partial charge in [0.05, 0.1) is 5.02 Å². The number of nitrogens with one attached hydrogen (secondary N) is 2. The van der Waals surface area contributed by atoms with Gasteiger partial charge in [0.15, 0.2) is 0 Å². The summed E-state index contributed by atoms with van der Waals surface area (Å²) < 4.78 is 5.60. The molecule has 146 valence electrons. The number of hydrogen-bond donors (Lipinski definition) is 3. The third-order valence-corrected chi connectivity index (χ3v) is 4.70. The van der Waals surface area contributed by atoms with Crippen LogP contribution in [0.5, 0.6) is 5.75 Å². The van der Waals surface area contributed by atoms with Crippen LogP contribution in [0.3, 0.4) is 0 Å². The molecule has 6 heteroatoms. The van der Waals surface area contributed by atoms with E-state index < -0.39 is 6.10 Å². The first-order chi connectivity index (χ1) is 12.4. The van der Waals surface area contributed by atoms with E-state index in [1.165, 1.54) is 10.9 Å². The van der Waals surface area contributed by atoms with E-state index in [2.05, 4.69) is 48.5 Å². The Morgan fingerprint density at radius 3 is 2.63 bits per heavy atom. The number of fused-ring (bicyclic) bond motifs is 1. The van der Waals surface area contributed by atoms with Gasteiger partial charge in [-0.05, 0) is 44.0 Å². The van der Waals surface area contributed by atoms with Crippen LogP contribution in [-0.4, -0.2) is 34.9 Å². The van der Waals surface area contributed by atoms with Crippen molar-refractivity contribution in [2.24, 2.45) is 0 Å². The number of hydrogen-bond acceptors (Lipinski definition) is 3. The fraction of sp³-hybridized carbons (Fsp3) is 0.333. The van der Waals surface area contributed by atoms with Gasteiger partial charge in [0.1, 0.15) is 18.5 Å². The number of rotatable bonds is 8. The summed E-state index contributed by atoms with van der Waals surface area (Å²) >= 11 is 6.06. The molecule has 1 atom stereocenters. The molecule has 0 radical (unpaired) electrons. The van der Waals surface area contributed by atoms with E-state index in [9.17, 15) is 5.11 Å². The smallest absolute Gasteiger partial charge is 0.138 e. The van der Waals surface area contributed by atoms with E-state index in [4.69, 9.17) is 16.3 Å². The van der Waals surface area contributed by atoms with E-state index in [1.54, 1.807) is 12.1 Å². The van der Waals surface area contributed by atoms with Crippen LogP contribution in [0.1, 0.15) is 19.4 Å². The quantitative estimate of drug-likeness (QED) is 0.510. The molecule has 4 nitrogen and oxygen atoms in total. The van der Waals surface area contributed by atoms with Crippen molar-refractivity contribution in [2.75, 3.05) is 13.2 Å². The molecule has 2 aromatic carbocycles. The van der Waals surface area contributed by atoms with Crippen molar-refractivity contribution >= 4 is 34.9 Å². The molecule has 1 heterocycles. The Morgan fingerprint density at radius 1 is 1.15 bits per heavy atom. The van der Waals surface area contributed by atoms with Gasteiger partial charge in [-0.3, -0.25) is 0 Å². The average molecular weight is 409 g/mol. The first kappa shape index (κ1) is 21.6. The Morgan fingerprint density at radius 2 is 1.85 bits per heavy atom. The lowest BCUT2D eigenvalue weighted by Crippen LogP contribution is -2.46. The molecule has 3 aromatic rings. The lowest BCUT2D eigenvalue weighted by atomic mass is 9.94. The molecule has 3 rings (SSSR count). The van der Waals surface area contributed by atoms with Gasteiger partial charge in [0.25, 0.3) is 0 Å². The standard InChI is InChI=1S/C21H25ClN2O2.ClH/c1-21(2,11-15-12-23-19-9-5-3-7-17(15)19)24-13-16(25)14-26-20-10-6-4-8-18(20)22;/h3-10,12,16,23-25H,11,13-14H2,1-2H3;1H. The van der Waals surface area contributed by atoms with Crippen LogP contribution in [0.4, 0.5) is 0 Å². The molecule has 0 aliphatic heterocycles. The summed E-state index contributed by atoms with van der Waals surface area (Å²) in [5, 5.41) is 15.5. The third kappa shape index (κ3) is 5.88. The fourth-order valence-electron chi connectivity index (χ4n) is 3.02. The molecule has 0 bridgehead atoms. The number of aromatic amines is 1. The molecule has 1 aromatic heterocycles. The van der Waals surface area contributed by atoms with Crippen molar-refractivity contribution in [2.45, 2.75) is 31.9 Å². The third-order valence-electron chi connectivity index (χ3n) is 4.39. The van der Waals surface area contributed by atoms with E-state index in [0.29, 0.717) is 17.3 Å². The maximum absolute atomic E-state index is 10.2. The summed E-state index contributed by atoms with van der Waals surface area (Å²) in [6.07, 6.45) is 2.30. The summed E-state index contributed by atoms with van der Waals surface area (Å²) in [6.45, 7) is 4.91. The minimum absolute atomic E-state index is 0. The Kier molecular flexibility index (Phi) is 7.57. The van der Waals surface area contributed by atoms with Crippen molar-refractivity contribution < 1.29 is 9.84 Å². The highest BCUT2D eigenvalue weighted by molar-refractivity contribution is 6.32. The molecule has 0 aliphatic carbocycles. The summed E-state index contributed by atoms with van der Waals surface area (Å²) in [6, 6.07) is 15.6. The van der Waals surface area contributed by atoms with Crippen LogP contribution in [0.15, 0.2) is 54.7 Å². The van der Waals surface area contributed by atoms with Crippen molar-refractivity contribution in [1.82, 2.24) is 10.3 Å². The number of ether oxygens (including phenoxy) is 1. The summed E-state index contributed by atoms with van der Waals surface area (Å²) in [7, 11) is 0. The number of para-hydroxylation sites is 2. The maximum Gasteiger partial charge on any atom is 0.138 e. The van der Waals surface area contributed by atoms with Crippen LogP contribution < -0.4 is 10.1 Å². The minimum atomic E-state index is -0.617. The SMILES string of the molecule is CC(C)(Cc1c[nH]c2ccccc12)NCC(O)COc1ccccc1Cl.Cl. The minimum Gasteiger partial charge on any atom is -0.489 e. The molecular formula is C21H26Cl2N2O2. The summed E-state index contributed by atoms with van der Waals surface area (Å²) in [4.78, 5) is 3.31. The Bertz CT molecular complexity index is 864. The number of aliphatic hydroxyl groups is 1. The second kappa shape index (κ2) is 9.47. The number of halogens is 2. The summed E-state index contributed by atoms with van der Waals surface area (Å²) in [5.74, 6) is 0.589. The first-order valence-electron chi connectivity index (χ1n) is 8.80. The predicted molar refractivity (Wildman–Crippen MR) is 114 cm³/mol. The van der Waals surface area contributed by atoms with Gasteiger partial charge in [-0.25, -0.2) is 0 Å². The average Bonchev–Trinajstić information content (AvgIpc) is 3.02. The highest BCUT2D eigenvalue weighted by Gasteiger charge is 2.21. The lowest BCUT2D eigenvalue weighted by molar-refractivity contribution is 0.0989. The Hall–Kier alpha value is -1.72. The highest BCUT2D eigenvalue weighted by Crippen LogP contribution is 2.24. The Labute approximate surface area is 171 Å². The molecule has 0 saturated heterocycles. The molecule has 0 aliphatic rings. The number of β-amino-alcohol motifs (C(OH)–C–C–N with tert-alkyl or cyclic N) is 1. The summed E-state index contributed by atoms with van der Waals surface area (Å²) in [5.41, 5.74) is 2.25. The van der Waals surface area contributed by atoms with Crippen molar-refractivity contribution in [1.29, 1.82) is 0 Å². The van der Waals surface area contributed by atoms with Crippen LogP contribution in [0.2, 0.25) is 5.02 Å². The molecular weight excluding hydrogens is 383 g/mol. The molecule has 0 fully saturated rings. The van der Waals surface area contributed by atoms with Crippen LogP contribution in [-0.2, 0) is 6.42 Å². The molecule has 1 unspecified atom stereocenters. The van der Waals surface area contributed by atoms with E-state index in [1.807, 2.05) is 18.2 Å². The lowest BCUT2D eigenvalue weighted by Gasteiger charge is -2.28. The molecule has 0 spiro atoms. The van der Waals surface area contributed by atoms with Gasteiger partial charge in [-0.2, -0.15) is 0 Å². The van der Waals surface area contributed by atoms with Gasteiger partial charge >= 0.3 is 0 Å². The molecule has 0 amide bonds. The van der Waals surface area contributed by atoms with Gasteiger partial charge in [0, 0.05) is 29.2 Å². The Balaban J connectivity index is 0.00000261. The van der Waals surface area contributed by atoms with E-state index in [-0.39, 0.29) is 24.6 Å². The maximum atomic E-state index is 10.2. The van der Waals surface area contributed by atoms with Crippen LogP contribution in [0.25, 0.3) is 10.9 Å². The molecule has 0 saturated carbocycles. The van der Waals surface area contributed by atoms with Gasteiger partial charge in [0.2, 0.25) is 0 Å². The van der Waals surface area contributed by atoms with E-state index in [0.717, 1.165) is 11.9 Å². The predicted octanol–water partition coefficient (Wildman–Crippen LogP) is 4.59. The van der Waals surface area contributed by atoms with E-state index >= 15 is 0 Å². The number of benzene rings is 2. The monoisotopic (exact) mass is 408 g/mol. The normalized spacial score (nSPS) is 12.6. The van der Waals surface area contributed by atoms with Gasteiger partial charge in [-0.15, -0.1) is 12.4 Å². The topological polar surface area (TPSA) is 57.3 Å². The molecule has 27 heavy (non-hydrogen) atoms. The number of aromatic nitrogens is 1. The number of H-pyrrole nitrogens is 1. The van der Waals surface area contributed by atoms with Gasteiger partial charge in [-0.1, -0.05) is 41.9 Å². The van der Waals surface area contributed by atoms with Crippen molar-refractivity contribution in [3.63, 3.8) is 0 Å². The van der Waals surface area contributed by atoms with Crippen LogP contribution in [0, 0.1) is 0 Å². The largest absolute Gasteiger partial charge is 0.489 e. The number of aliphatic hydroxyl groups excluding tert-OH is 1. The fourth-order valence-corrected chi connectivity index (χ4v) is 3.21. The first-order valence-corrected chi connectivity index (χ1v) is 9.18. The zero-order valence-corrected chi connectivity index (χ0v) is 17.1. The van der Waals surface area contributed by atoms with Crippen molar-refractivity contribution in [3.05, 3.63) is 65.3 Å². The zero-order chi connectivity index (χ0) is 18.6.